The summed E-state index contributed by atoms with van der Waals surface area (Å²) in [6.45, 7) is 5.91. The number of nitrogens with one attached hydrogen (secondary N) is 1. The second kappa shape index (κ2) is 7.21. The van der Waals surface area contributed by atoms with Gasteiger partial charge in [-0.15, -0.1) is 0 Å². The van der Waals surface area contributed by atoms with Gasteiger partial charge in [0, 0.05) is 5.69 Å². The molecule has 0 radical (unpaired) electrons. The van der Waals surface area contributed by atoms with E-state index in [-0.39, 0.29) is 18.2 Å². The maximum absolute atomic E-state index is 12.6. The first-order chi connectivity index (χ1) is 12.0. The van der Waals surface area contributed by atoms with Crippen LogP contribution in [-0.4, -0.2) is 11.1 Å². The Labute approximate surface area is 146 Å². The van der Waals surface area contributed by atoms with E-state index in [9.17, 15) is 4.79 Å². The molecule has 0 aliphatic heterocycles. The molecule has 3 aromatic rings. The van der Waals surface area contributed by atoms with Gasteiger partial charge in [-0.2, -0.15) is 0 Å². The van der Waals surface area contributed by atoms with Gasteiger partial charge in [0.25, 0.3) is 5.91 Å². The number of para-hydroxylation sites is 1. The third-order valence-electron chi connectivity index (χ3n) is 3.97. The Kier molecular flexibility index (Phi) is 4.84. The summed E-state index contributed by atoms with van der Waals surface area (Å²) in [7, 11) is 0. The monoisotopic (exact) mass is 336 g/mol. The molecule has 5 heteroatoms. The van der Waals surface area contributed by atoms with E-state index in [1.54, 1.807) is 6.92 Å². The fourth-order valence-corrected chi connectivity index (χ4v) is 2.46. The van der Waals surface area contributed by atoms with E-state index in [4.69, 9.17) is 9.26 Å². The number of carbonyl (C=O) groups excluding carboxylic acids is 1. The van der Waals surface area contributed by atoms with Gasteiger partial charge in [-0.3, -0.25) is 4.79 Å². The van der Waals surface area contributed by atoms with Crippen LogP contribution in [-0.2, 0) is 6.61 Å². The van der Waals surface area contributed by atoms with Crippen LogP contribution in [0.3, 0.4) is 0 Å². The summed E-state index contributed by atoms with van der Waals surface area (Å²) in [5.74, 6) is 0.989. The lowest BCUT2D eigenvalue weighted by atomic mass is 10.1. The van der Waals surface area contributed by atoms with Gasteiger partial charge >= 0.3 is 0 Å². The number of ether oxygens (including phenoxy) is 1. The minimum absolute atomic E-state index is 0.217. The molecule has 1 aromatic heterocycles. The van der Waals surface area contributed by atoms with Crippen molar-refractivity contribution in [3.05, 3.63) is 76.7 Å². The number of aromatic nitrogens is 1. The molecule has 0 saturated heterocycles. The van der Waals surface area contributed by atoms with Crippen molar-refractivity contribution in [2.75, 3.05) is 5.32 Å². The van der Waals surface area contributed by atoms with Crippen LogP contribution in [0.1, 0.15) is 32.9 Å². The first kappa shape index (κ1) is 16.8. The summed E-state index contributed by atoms with van der Waals surface area (Å²) >= 11 is 0. The fourth-order valence-electron chi connectivity index (χ4n) is 2.46. The number of carbonyl (C=O) groups is 1. The Morgan fingerprint density at radius 2 is 1.88 bits per heavy atom. The van der Waals surface area contributed by atoms with Crippen LogP contribution in [0.5, 0.6) is 5.75 Å². The van der Waals surface area contributed by atoms with Crippen molar-refractivity contribution in [2.45, 2.75) is 27.4 Å². The van der Waals surface area contributed by atoms with Gasteiger partial charge in [0.05, 0.1) is 5.56 Å². The molecule has 0 aliphatic carbocycles. The summed E-state index contributed by atoms with van der Waals surface area (Å²) < 4.78 is 10.9. The van der Waals surface area contributed by atoms with Crippen molar-refractivity contribution in [1.29, 1.82) is 0 Å². The van der Waals surface area contributed by atoms with Crippen molar-refractivity contribution >= 4 is 11.6 Å². The number of aryl methyl sites for hydroxylation is 3. The van der Waals surface area contributed by atoms with Crippen LogP contribution >= 0.6 is 0 Å². The highest BCUT2D eigenvalue weighted by atomic mass is 16.5. The quantitative estimate of drug-likeness (QED) is 0.748. The molecule has 2 aromatic carbocycles. The molecule has 0 atom stereocenters. The van der Waals surface area contributed by atoms with E-state index >= 15 is 0 Å². The average Bonchev–Trinajstić information content (AvgIpc) is 2.98. The highest BCUT2D eigenvalue weighted by molar-refractivity contribution is 6.04. The molecule has 1 amide bonds. The number of hydrogen-bond acceptors (Lipinski definition) is 4. The topological polar surface area (TPSA) is 64.4 Å². The Hall–Kier alpha value is -3.08. The predicted molar refractivity (Wildman–Crippen MR) is 95.9 cm³/mol. The summed E-state index contributed by atoms with van der Waals surface area (Å²) in [6.07, 6.45) is 0. The maximum Gasteiger partial charge on any atom is 0.278 e. The zero-order chi connectivity index (χ0) is 17.8. The number of hydrogen-bond donors (Lipinski definition) is 1. The molecule has 1 N–H and O–H groups in total. The summed E-state index contributed by atoms with van der Waals surface area (Å²) in [5, 5.41) is 6.81. The smallest absolute Gasteiger partial charge is 0.278 e. The minimum Gasteiger partial charge on any atom is -0.489 e. The highest BCUT2D eigenvalue weighted by Crippen LogP contribution is 2.21. The molecular weight excluding hydrogens is 316 g/mol. The molecule has 0 spiro atoms. The summed E-state index contributed by atoms with van der Waals surface area (Å²) in [6, 6.07) is 15.3. The van der Waals surface area contributed by atoms with Crippen LogP contribution in [0.25, 0.3) is 0 Å². The molecule has 0 bridgehead atoms. The maximum atomic E-state index is 12.6. The largest absolute Gasteiger partial charge is 0.489 e. The van der Waals surface area contributed by atoms with Gasteiger partial charge < -0.3 is 14.6 Å². The fraction of sp³-hybridized carbons (Fsp3) is 0.200. The lowest BCUT2D eigenvalue weighted by Crippen LogP contribution is -2.16. The zero-order valence-corrected chi connectivity index (χ0v) is 14.5. The first-order valence-corrected chi connectivity index (χ1v) is 8.06. The average molecular weight is 336 g/mol. The molecular formula is C20H20N2O3. The van der Waals surface area contributed by atoms with Gasteiger partial charge in [-0.05, 0) is 50.1 Å². The number of amides is 1. The molecule has 0 saturated carbocycles. The normalized spacial score (nSPS) is 10.5. The zero-order valence-electron chi connectivity index (χ0n) is 14.5. The van der Waals surface area contributed by atoms with Crippen LogP contribution in [0.2, 0.25) is 0 Å². The van der Waals surface area contributed by atoms with Crippen molar-refractivity contribution < 1.29 is 14.1 Å². The molecule has 3 rings (SSSR count). The predicted octanol–water partition coefficient (Wildman–Crippen LogP) is 4.43. The molecule has 0 unspecified atom stereocenters. The minimum atomic E-state index is -0.308. The molecule has 128 valence electrons. The van der Waals surface area contributed by atoms with E-state index in [1.165, 1.54) is 0 Å². The second-order valence-corrected chi connectivity index (χ2v) is 5.94. The number of anilines is 1. The first-order valence-electron chi connectivity index (χ1n) is 8.06. The van der Waals surface area contributed by atoms with Crippen molar-refractivity contribution in [1.82, 2.24) is 5.16 Å². The van der Waals surface area contributed by atoms with E-state index < -0.39 is 0 Å². The Morgan fingerprint density at radius 3 is 2.64 bits per heavy atom. The standard InChI is InChI=1S/C20H20N2O3/c1-13-9-10-14(2)18(11-13)21-20(23)19-17(15(3)25-22-19)12-24-16-7-5-4-6-8-16/h4-11H,12H2,1-3H3,(H,21,23). The lowest BCUT2D eigenvalue weighted by Gasteiger charge is -2.09. The molecule has 5 nitrogen and oxygen atoms in total. The molecule has 1 heterocycles. The second-order valence-electron chi connectivity index (χ2n) is 5.94. The van der Waals surface area contributed by atoms with Gasteiger partial charge in [-0.1, -0.05) is 35.5 Å². The van der Waals surface area contributed by atoms with Crippen LogP contribution < -0.4 is 10.1 Å². The van der Waals surface area contributed by atoms with Gasteiger partial charge in [0.15, 0.2) is 5.69 Å². The third kappa shape index (κ3) is 3.88. The lowest BCUT2D eigenvalue weighted by molar-refractivity contribution is 0.101. The van der Waals surface area contributed by atoms with E-state index in [1.807, 2.05) is 62.4 Å². The molecule has 25 heavy (non-hydrogen) atoms. The Morgan fingerprint density at radius 1 is 1.12 bits per heavy atom. The number of nitrogens with zero attached hydrogens (tertiary/aromatic N) is 1. The number of rotatable bonds is 5. The Bertz CT molecular complexity index is 885. The van der Waals surface area contributed by atoms with Crippen molar-refractivity contribution in [3.63, 3.8) is 0 Å². The van der Waals surface area contributed by atoms with E-state index in [0.717, 1.165) is 22.6 Å². The molecule has 0 aliphatic rings. The van der Waals surface area contributed by atoms with Gasteiger partial charge in [-0.25, -0.2) is 0 Å². The van der Waals surface area contributed by atoms with Crippen molar-refractivity contribution in [3.8, 4) is 5.75 Å². The Balaban J connectivity index is 1.78. The van der Waals surface area contributed by atoms with E-state index in [2.05, 4.69) is 10.5 Å². The van der Waals surface area contributed by atoms with E-state index in [0.29, 0.717) is 11.3 Å². The SMILES string of the molecule is Cc1ccc(C)c(NC(=O)c2noc(C)c2COc2ccccc2)c1. The highest BCUT2D eigenvalue weighted by Gasteiger charge is 2.21. The van der Waals surface area contributed by atoms with Gasteiger partial charge in [0.2, 0.25) is 0 Å². The van der Waals surface area contributed by atoms with Crippen LogP contribution in [0.4, 0.5) is 5.69 Å². The van der Waals surface area contributed by atoms with Crippen LogP contribution in [0, 0.1) is 20.8 Å². The van der Waals surface area contributed by atoms with Crippen LogP contribution in [0.15, 0.2) is 53.1 Å². The van der Waals surface area contributed by atoms with Gasteiger partial charge in [0.1, 0.15) is 18.1 Å². The molecule has 0 fully saturated rings. The number of benzene rings is 2. The summed E-state index contributed by atoms with van der Waals surface area (Å²) in [4.78, 5) is 12.6. The summed E-state index contributed by atoms with van der Waals surface area (Å²) in [5.41, 5.74) is 3.72. The van der Waals surface area contributed by atoms with Crippen molar-refractivity contribution in [2.24, 2.45) is 0 Å². The third-order valence-corrected chi connectivity index (χ3v) is 3.97.